The molecule has 0 unspecified atom stereocenters. The third-order valence-corrected chi connectivity index (χ3v) is 3.70. The van der Waals surface area contributed by atoms with Gasteiger partial charge in [0.25, 0.3) is 0 Å². The van der Waals surface area contributed by atoms with Crippen molar-refractivity contribution in [2.24, 2.45) is 5.41 Å². The second-order valence-electron chi connectivity index (χ2n) is 4.61. The minimum Gasteiger partial charge on any atom is -0.405 e. The maximum Gasteiger partial charge on any atom is 0.330 e. The van der Waals surface area contributed by atoms with Crippen LogP contribution in [0, 0.1) is 5.41 Å². The van der Waals surface area contributed by atoms with Crippen molar-refractivity contribution in [3.63, 3.8) is 0 Å². The largest absolute Gasteiger partial charge is 0.405 e. The van der Waals surface area contributed by atoms with Crippen molar-refractivity contribution >= 4 is 17.8 Å². The van der Waals surface area contributed by atoms with E-state index in [4.69, 9.17) is 9.47 Å². The molecule has 1 aliphatic heterocycles. The summed E-state index contributed by atoms with van der Waals surface area (Å²) >= 11 is 0. The van der Waals surface area contributed by atoms with Gasteiger partial charge < -0.3 is 14.8 Å². The van der Waals surface area contributed by atoms with E-state index in [1.54, 1.807) is 30.8 Å². The van der Waals surface area contributed by atoms with Crippen molar-refractivity contribution in [3.8, 4) is 0 Å². The van der Waals surface area contributed by atoms with Crippen molar-refractivity contribution in [1.82, 2.24) is 9.78 Å². The van der Waals surface area contributed by atoms with Gasteiger partial charge in [-0.05, 0) is 19.8 Å². The van der Waals surface area contributed by atoms with Crippen LogP contribution >= 0.6 is 0 Å². The maximum absolute atomic E-state index is 12.1. The first kappa shape index (κ1) is 14.4. The molecule has 7 nitrogen and oxygen atoms in total. The van der Waals surface area contributed by atoms with E-state index in [2.05, 4.69) is 10.4 Å². The Bertz CT molecular complexity index is 487. The van der Waals surface area contributed by atoms with Crippen LogP contribution < -0.4 is 5.32 Å². The quantitative estimate of drug-likeness (QED) is 0.650. The molecule has 110 valence electrons. The first-order chi connectivity index (χ1) is 9.57. The SMILES string of the molecule is CCn1nccc1NC1OC(=O)C(CC)(CC)C(=O)O1. The fourth-order valence-corrected chi connectivity index (χ4v) is 2.24. The predicted molar refractivity (Wildman–Crippen MR) is 70.5 cm³/mol. The zero-order chi connectivity index (χ0) is 14.8. The highest BCUT2D eigenvalue weighted by molar-refractivity contribution is 6.01. The Hall–Kier alpha value is -2.05. The van der Waals surface area contributed by atoms with Crippen molar-refractivity contribution < 1.29 is 19.1 Å². The maximum atomic E-state index is 12.1. The van der Waals surface area contributed by atoms with Crippen molar-refractivity contribution in [2.45, 2.75) is 46.6 Å². The van der Waals surface area contributed by atoms with Gasteiger partial charge >= 0.3 is 18.4 Å². The lowest BCUT2D eigenvalue weighted by atomic mass is 9.82. The summed E-state index contributed by atoms with van der Waals surface area (Å²) in [6, 6.07) is 1.71. The smallest absolute Gasteiger partial charge is 0.330 e. The fraction of sp³-hybridized carbons (Fsp3) is 0.615. The minimum atomic E-state index is -1.18. The van der Waals surface area contributed by atoms with Crippen LogP contribution in [0.3, 0.4) is 0 Å². The highest BCUT2D eigenvalue weighted by atomic mass is 16.7. The number of rotatable bonds is 5. The molecule has 0 aromatic carbocycles. The van der Waals surface area contributed by atoms with Gasteiger partial charge in [0.05, 0.1) is 6.20 Å². The fourth-order valence-electron chi connectivity index (χ4n) is 2.24. The van der Waals surface area contributed by atoms with Crippen molar-refractivity contribution in [2.75, 3.05) is 5.32 Å². The highest BCUT2D eigenvalue weighted by Crippen LogP contribution is 2.34. The number of aromatic nitrogens is 2. The summed E-state index contributed by atoms with van der Waals surface area (Å²) in [7, 11) is 0. The third kappa shape index (κ3) is 2.23. The van der Waals surface area contributed by atoms with E-state index in [1.807, 2.05) is 6.92 Å². The number of hydrogen-bond acceptors (Lipinski definition) is 6. The number of hydrogen-bond donors (Lipinski definition) is 1. The summed E-state index contributed by atoms with van der Waals surface area (Å²) in [5, 5.41) is 6.91. The molecule has 1 N–H and O–H groups in total. The van der Waals surface area contributed by atoms with E-state index in [0.29, 0.717) is 25.2 Å². The predicted octanol–water partition coefficient (Wildman–Crippen LogP) is 1.50. The van der Waals surface area contributed by atoms with Gasteiger partial charge in [0.15, 0.2) is 5.41 Å². The lowest BCUT2D eigenvalue weighted by Crippen LogP contribution is -2.51. The number of carbonyl (C=O) groups is 2. The van der Waals surface area contributed by atoms with E-state index in [1.165, 1.54) is 0 Å². The topological polar surface area (TPSA) is 82.5 Å². The van der Waals surface area contributed by atoms with Crippen LogP contribution in [-0.2, 0) is 25.6 Å². The number of cyclic esters (lactones) is 2. The first-order valence-corrected chi connectivity index (χ1v) is 6.78. The summed E-state index contributed by atoms with van der Waals surface area (Å²) in [4.78, 5) is 24.2. The summed E-state index contributed by atoms with van der Waals surface area (Å²) < 4.78 is 12.1. The van der Waals surface area contributed by atoms with E-state index in [-0.39, 0.29) is 0 Å². The summed E-state index contributed by atoms with van der Waals surface area (Å²) in [5.41, 5.74) is -1.18. The van der Waals surface area contributed by atoms with Gasteiger partial charge in [0.1, 0.15) is 5.82 Å². The molecule has 0 aliphatic carbocycles. The molecule has 1 aromatic heterocycles. The van der Waals surface area contributed by atoms with Crippen LogP contribution in [0.25, 0.3) is 0 Å². The molecule has 1 aliphatic rings. The van der Waals surface area contributed by atoms with E-state index < -0.39 is 23.8 Å². The van der Waals surface area contributed by atoms with E-state index in [9.17, 15) is 9.59 Å². The third-order valence-electron chi connectivity index (χ3n) is 3.70. The van der Waals surface area contributed by atoms with Crippen molar-refractivity contribution in [3.05, 3.63) is 12.3 Å². The normalized spacial score (nSPS) is 18.6. The van der Waals surface area contributed by atoms with Crippen LogP contribution in [-0.4, -0.2) is 28.1 Å². The Kier molecular flexibility index (Phi) is 3.96. The average Bonchev–Trinajstić information content (AvgIpc) is 2.87. The lowest BCUT2D eigenvalue weighted by Gasteiger charge is -2.35. The number of nitrogens with one attached hydrogen (secondary N) is 1. The minimum absolute atomic E-state index is 0.362. The van der Waals surface area contributed by atoms with Crippen LogP contribution in [0.4, 0.5) is 5.82 Å². The zero-order valence-corrected chi connectivity index (χ0v) is 11.9. The number of ether oxygens (including phenoxy) is 2. The molecule has 1 saturated heterocycles. The Morgan fingerprint density at radius 2 is 1.85 bits per heavy atom. The molecule has 0 saturated carbocycles. The Morgan fingerprint density at radius 3 is 2.35 bits per heavy atom. The number of aryl methyl sites for hydroxylation is 1. The zero-order valence-electron chi connectivity index (χ0n) is 11.9. The molecule has 7 heteroatoms. The Morgan fingerprint density at radius 1 is 1.25 bits per heavy atom. The monoisotopic (exact) mass is 281 g/mol. The molecule has 0 bridgehead atoms. The Balaban J connectivity index is 2.12. The standard InChI is InChI=1S/C13H19N3O4/c1-4-13(5-2)10(17)19-12(20-11(13)18)15-9-7-8-14-16(9)6-3/h7-8,12,15H,4-6H2,1-3H3. The van der Waals surface area contributed by atoms with Crippen LogP contribution in [0.15, 0.2) is 12.3 Å². The molecular formula is C13H19N3O4. The molecule has 0 radical (unpaired) electrons. The van der Waals surface area contributed by atoms with Crippen LogP contribution in [0.2, 0.25) is 0 Å². The number of carbonyl (C=O) groups excluding carboxylic acids is 2. The van der Waals surface area contributed by atoms with E-state index >= 15 is 0 Å². The number of esters is 2. The summed E-state index contributed by atoms with van der Waals surface area (Å²) in [5.74, 6) is -0.462. The molecule has 2 rings (SSSR count). The van der Waals surface area contributed by atoms with Gasteiger partial charge in [-0.2, -0.15) is 5.10 Å². The van der Waals surface area contributed by atoms with Gasteiger partial charge in [0.2, 0.25) is 0 Å². The van der Waals surface area contributed by atoms with E-state index in [0.717, 1.165) is 0 Å². The number of nitrogens with zero attached hydrogens (tertiary/aromatic N) is 2. The van der Waals surface area contributed by atoms with Gasteiger partial charge in [0, 0.05) is 12.6 Å². The highest BCUT2D eigenvalue weighted by Gasteiger charge is 2.51. The van der Waals surface area contributed by atoms with Gasteiger partial charge in [-0.1, -0.05) is 13.8 Å². The average molecular weight is 281 g/mol. The molecule has 2 heterocycles. The number of anilines is 1. The van der Waals surface area contributed by atoms with Gasteiger partial charge in [-0.3, -0.25) is 14.3 Å². The second kappa shape index (κ2) is 5.52. The molecular weight excluding hydrogens is 262 g/mol. The molecule has 0 spiro atoms. The van der Waals surface area contributed by atoms with Gasteiger partial charge in [-0.15, -0.1) is 0 Å². The molecule has 1 fully saturated rings. The van der Waals surface area contributed by atoms with Gasteiger partial charge in [-0.25, -0.2) is 0 Å². The van der Waals surface area contributed by atoms with Crippen LogP contribution in [0.1, 0.15) is 33.6 Å². The Labute approximate surface area is 117 Å². The molecule has 0 atom stereocenters. The summed E-state index contributed by atoms with van der Waals surface area (Å²) in [6.07, 6.45) is 1.23. The second-order valence-corrected chi connectivity index (χ2v) is 4.61. The lowest BCUT2D eigenvalue weighted by molar-refractivity contribution is -0.219. The van der Waals surface area contributed by atoms with Crippen LogP contribution in [0.5, 0.6) is 0 Å². The first-order valence-electron chi connectivity index (χ1n) is 6.78. The molecule has 0 amide bonds. The molecule has 1 aromatic rings. The van der Waals surface area contributed by atoms with Crippen molar-refractivity contribution in [1.29, 1.82) is 0 Å². The summed E-state index contributed by atoms with van der Waals surface area (Å²) in [6.45, 7) is 6.12. The molecule has 20 heavy (non-hydrogen) atoms.